The van der Waals surface area contributed by atoms with Crippen LogP contribution in [0.15, 0.2) is 54.6 Å². The normalized spacial score (nSPS) is 15.9. The fraction of sp³-hybridized carbons (Fsp3) is 0.238. The molecule has 8 heteroatoms. The van der Waals surface area contributed by atoms with E-state index < -0.39 is 0 Å². The monoisotopic (exact) mass is 407 g/mol. The summed E-state index contributed by atoms with van der Waals surface area (Å²) in [6.45, 7) is 2.64. The summed E-state index contributed by atoms with van der Waals surface area (Å²) in [6.07, 6.45) is 1.69. The lowest BCUT2D eigenvalue weighted by molar-refractivity contribution is 0.102. The molecule has 1 fully saturated rings. The quantitative estimate of drug-likeness (QED) is 0.668. The van der Waals surface area contributed by atoms with Crippen molar-refractivity contribution in [2.75, 3.05) is 17.2 Å². The minimum Gasteiger partial charge on any atom is -0.320 e. The number of benzene rings is 2. The van der Waals surface area contributed by atoms with Crippen molar-refractivity contribution in [2.45, 2.75) is 25.8 Å². The molecule has 1 atom stereocenters. The maximum atomic E-state index is 12.7. The van der Waals surface area contributed by atoms with Gasteiger partial charge in [0.15, 0.2) is 0 Å². The second kappa shape index (κ2) is 8.40. The Morgan fingerprint density at radius 2 is 1.72 bits per heavy atom. The van der Waals surface area contributed by atoms with Gasteiger partial charge < -0.3 is 15.5 Å². The van der Waals surface area contributed by atoms with Gasteiger partial charge in [0, 0.05) is 17.9 Å². The summed E-state index contributed by atoms with van der Waals surface area (Å²) in [7, 11) is 0. The van der Waals surface area contributed by atoms with Crippen LogP contribution in [0.2, 0.25) is 0 Å². The highest BCUT2D eigenvalue weighted by Crippen LogP contribution is 2.34. The van der Waals surface area contributed by atoms with E-state index >= 15 is 0 Å². The number of aryl methyl sites for hydroxylation is 1. The summed E-state index contributed by atoms with van der Waals surface area (Å²) >= 11 is 1.23. The Bertz CT molecular complexity index is 1000. The third-order valence-electron chi connectivity index (χ3n) is 4.77. The standard InChI is InChI=1S/C21H21N5O2S/c1-14-9-11-16(12-10-14)22-18(27)20-25-24-19(29-20)17-8-5-13-26(17)21(28)23-15-6-3-2-4-7-15/h2-4,6-7,9-12,17H,5,8,13H2,1H3,(H,22,27)(H,23,28)/t17-/m0/s1. The summed E-state index contributed by atoms with van der Waals surface area (Å²) < 4.78 is 0. The third kappa shape index (κ3) is 4.43. The number of amides is 3. The molecule has 29 heavy (non-hydrogen) atoms. The van der Waals surface area contributed by atoms with Gasteiger partial charge in [0.1, 0.15) is 5.01 Å². The van der Waals surface area contributed by atoms with Gasteiger partial charge in [-0.1, -0.05) is 47.2 Å². The van der Waals surface area contributed by atoms with E-state index in [-0.39, 0.29) is 23.0 Å². The number of carbonyl (C=O) groups excluding carboxylic acids is 2. The number of hydrogen-bond acceptors (Lipinski definition) is 5. The number of urea groups is 1. The Balaban J connectivity index is 1.44. The first kappa shape index (κ1) is 19.1. The molecule has 0 unspecified atom stereocenters. The van der Waals surface area contributed by atoms with Crippen LogP contribution in [-0.2, 0) is 0 Å². The summed E-state index contributed by atoms with van der Waals surface area (Å²) in [5.41, 5.74) is 2.58. The molecule has 3 amide bonds. The Morgan fingerprint density at radius 3 is 2.48 bits per heavy atom. The van der Waals surface area contributed by atoms with Gasteiger partial charge in [0.05, 0.1) is 6.04 Å². The molecule has 1 aliphatic heterocycles. The molecule has 2 heterocycles. The molecule has 0 spiro atoms. The Morgan fingerprint density at radius 1 is 1.00 bits per heavy atom. The highest BCUT2D eigenvalue weighted by molar-refractivity contribution is 7.13. The fourth-order valence-electron chi connectivity index (χ4n) is 3.27. The van der Waals surface area contributed by atoms with Gasteiger partial charge in [0.25, 0.3) is 5.91 Å². The molecular weight excluding hydrogens is 386 g/mol. The Labute approximate surface area is 172 Å². The van der Waals surface area contributed by atoms with Crippen LogP contribution in [0.3, 0.4) is 0 Å². The van der Waals surface area contributed by atoms with Crippen molar-refractivity contribution in [3.63, 3.8) is 0 Å². The fourth-order valence-corrected chi connectivity index (χ4v) is 4.15. The first-order valence-electron chi connectivity index (χ1n) is 9.44. The van der Waals surface area contributed by atoms with E-state index in [1.165, 1.54) is 11.3 Å². The Hall–Kier alpha value is -3.26. The number of nitrogens with zero attached hydrogens (tertiary/aromatic N) is 3. The number of likely N-dealkylation sites (tertiary alicyclic amines) is 1. The molecule has 3 aromatic rings. The second-order valence-corrected chi connectivity index (χ2v) is 7.92. The molecule has 0 saturated carbocycles. The van der Waals surface area contributed by atoms with Gasteiger partial charge in [-0.25, -0.2) is 4.79 Å². The zero-order valence-electron chi connectivity index (χ0n) is 16.0. The summed E-state index contributed by atoms with van der Waals surface area (Å²) in [5.74, 6) is -0.295. The van der Waals surface area contributed by atoms with Crippen LogP contribution in [-0.4, -0.2) is 33.6 Å². The topological polar surface area (TPSA) is 87.2 Å². The molecule has 2 aromatic carbocycles. The smallest absolute Gasteiger partial charge is 0.320 e. The number of aromatic nitrogens is 2. The maximum absolute atomic E-state index is 12.7. The summed E-state index contributed by atoms with van der Waals surface area (Å²) in [5, 5.41) is 15.0. The van der Waals surface area contributed by atoms with Gasteiger partial charge in [0.2, 0.25) is 5.01 Å². The number of nitrogens with one attached hydrogen (secondary N) is 2. The highest BCUT2D eigenvalue weighted by Gasteiger charge is 2.33. The van der Waals surface area contributed by atoms with Crippen molar-refractivity contribution in [1.29, 1.82) is 0 Å². The van der Waals surface area contributed by atoms with Crippen molar-refractivity contribution in [3.8, 4) is 0 Å². The molecule has 0 radical (unpaired) electrons. The minimum atomic E-state index is -0.295. The first-order chi connectivity index (χ1) is 14.1. The van der Waals surface area contributed by atoms with Gasteiger partial charge in [-0.15, -0.1) is 10.2 Å². The highest BCUT2D eigenvalue weighted by atomic mass is 32.1. The van der Waals surface area contributed by atoms with Crippen molar-refractivity contribution in [3.05, 3.63) is 70.2 Å². The lowest BCUT2D eigenvalue weighted by Crippen LogP contribution is -2.34. The van der Waals surface area contributed by atoms with E-state index in [0.29, 0.717) is 17.2 Å². The zero-order chi connectivity index (χ0) is 20.2. The van der Waals surface area contributed by atoms with E-state index in [0.717, 1.165) is 24.1 Å². The van der Waals surface area contributed by atoms with Gasteiger partial charge in [-0.05, 0) is 44.0 Å². The van der Waals surface area contributed by atoms with Crippen LogP contribution in [0.1, 0.15) is 39.3 Å². The average molecular weight is 407 g/mol. The molecule has 0 bridgehead atoms. The lowest BCUT2D eigenvalue weighted by atomic mass is 10.2. The minimum absolute atomic E-state index is 0.167. The summed E-state index contributed by atoms with van der Waals surface area (Å²) in [6, 6.07) is 16.6. The van der Waals surface area contributed by atoms with E-state index in [2.05, 4.69) is 20.8 Å². The molecule has 7 nitrogen and oxygen atoms in total. The molecule has 1 saturated heterocycles. The van der Waals surface area contributed by atoms with Crippen molar-refractivity contribution in [1.82, 2.24) is 15.1 Å². The number of rotatable bonds is 4. The second-order valence-electron chi connectivity index (χ2n) is 6.91. The number of carbonyl (C=O) groups is 2. The molecule has 1 aromatic heterocycles. The van der Waals surface area contributed by atoms with Crippen LogP contribution in [0.4, 0.5) is 16.2 Å². The largest absolute Gasteiger partial charge is 0.322 e. The van der Waals surface area contributed by atoms with Crippen LogP contribution < -0.4 is 10.6 Å². The number of para-hydroxylation sites is 1. The Kier molecular flexibility index (Phi) is 5.53. The van der Waals surface area contributed by atoms with Gasteiger partial charge >= 0.3 is 6.03 Å². The first-order valence-corrected chi connectivity index (χ1v) is 10.3. The van der Waals surface area contributed by atoms with E-state index in [1.54, 1.807) is 4.90 Å². The summed E-state index contributed by atoms with van der Waals surface area (Å²) in [4.78, 5) is 26.9. The lowest BCUT2D eigenvalue weighted by Gasteiger charge is -2.23. The molecule has 148 valence electrons. The predicted octanol–water partition coefficient (Wildman–Crippen LogP) is 4.47. The van der Waals surface area contributed by atoms with Gasteiger partial charge in [-0.3, -0.25) is 4.79 Å². The molecular formula is C21H21N5O2S. The third-order valence-corrected chi connectivity index (χ3v) is 5.79. The molecule has 4 rings (SSSR count). The zero-order valence-corrected chi connectivity index (χ0v) is 16.8. The van der Waals surface area contributed by atoms with Crippen LogP contribution in [0, 0.1) is 6.92 Å². The molecule has 2 N–H and O–H groups in total. The van der Waals surface area contributed by atoms with Crippen molar-refractivity contribution < 1.29 is 9.59 Å². The molecule has 1 aliphatic rings. The number of hydrogen-bond donors (Lipinski definition) is 2. The van der Waals surface area contributed by atoms with Crippen molar-refractivity contribution >= 4 is 34.6 Å². The van der Waals surface area contributed by atoms with E-state index in [9.17, 15) is 9.59 Å². The average Bonchev–Trinajstić information content (AvgIpc) is 3.40. The van der Waals surface area contributed by atoms with Gasteiger partial charge in [-0.2, -0.15) is 0 Å². The van der Waals surface area contributed by atoms with Crippen LogP contribution in [0.5, 0.6) is 0 Å². The van der Waals surface area contributed by atoms with E-state index in [4.69, 9.17) is 0 Å². The van der Waals surface area contributed by atoms with Crippen LogP contribution >= 0.6 is 11.3 Å². The van der Waals surface area contributed by atoms with E-state index in [1.807, 2.05) is 61.5 Å². The SMILES string of the molecule is Cc1ccc(NC(=O)c2nnc([C@@H]3CCCN3C(=O)Nc3ccccc3)s2)cc1. The predicted molar refractivity (Wildman–Crippen MR) is 113 cm³/mol. The van der Waals surface area contributed by atoms with Crippen molar-refractivity contribution in [2.24, 2.45) is 0 Å². The number of anilines is 2. The van der Waals surface area contributed by atoms with Crippen LogP contribution in [0.25, 0.3) is 0 Å². The molecule has 0 aliphatic carbocycles. The maximum Gasteiger partial charge on any atom is 0.322 e.